The van der Waals surface area contributed by atoms with E-state index < -0.39 is 0 Å². The molecule has 29 heavy (non-hydrogen) atoms. The van der Waals surface area contributed by atoms with Crippen molar-refractivity contribution < 1.29 is 4.42 Å². The van der Waals surface area contributed by atoms with Crippen molar-refractivity contribution in [2.45, 2.75) is 40.0 Å². The Morgan fingerprint density at radius 1 is 0.966 bits per heavy atom. The minimum atomic E-state index is 0.398. The maximum atomic E-state index is 5.68. The van der Waals surface area contributed by atoms with E-state index in [2.05, 4.69) is 72.5 Å². The summed E-state index contributed by atoms with van der Waals surface area (Å²) in [5, 5.41) is 12.5. The lowest BCUT2D eigenvalue weighted by atomic mass is 9.87. The van der Waals surface area contributed by atoms with Gasteiger partial charge in [0.25, 0.3) is 0 Å². The summed E-state index contributed by atoms with van der Waals surface area (Å²) < 4.78 is 7.51. The van der Waals surface area contributed by atoms with Crippen LogP contribution in [0.1, 0.15) is 43.7 Å². The van der Waals surface area contributed by atoms with Crippen molar-refractivity contribution in [3.05, 3.63) is 65.8 Å². The molecular formula is C24H26N4O. The van der Waals surface area contributed by atoms with E-state index in [9.17, 15) is 0 Å². The van der Waals surface area contributed by atoms with E-state index in [1.807, 2.05) is 31.0 Å². The van der Waals surface area contributed by atoms with Gasteiger partial charge in [-0.05, 0) is 58.4 Å². The van der Waals surface area contributed by atoms with Gasteiger partial charge in [0.1, 0.15) is 0 Å². The first-order chi connectivity index (χ1) is 14.0. The van der Waals surface area contributed by atoms with Gasteiger partial charge in [-0.2, -0.15) is 5.10 Å². The molecule has 0 saturated carbocycles. The third-order valence-corrected chi connectivity index (χ3v) is 5.27. The second-order valence-electron chi connectivity index (χ2n) is 7.71. The topological polar surface area (TPSA) is 56.7 Å². The fraction of sp³-hybridized carbons (Fsp3) is 0.292. The molecule has 0 aliphatic heterocycles. The zero-order valence-electron chi connectivity index (χ0n) is 17.6. The summed E-state index contributed by atoms with van der Waals surface area (Å²) >= 11 is 0. The Morgan fingerprint density at radius 2 is 1.72 bits per heavy atom. The average Bonchev–Trinajstić information content (AvgIpc) is 3.35. The van der Waals surface area contributed by atoms with Crippen LogP contribution in [0.4, 0.5) is 0 Å². The minimum absolute atomic E-state index is 0.398. The molecule has 0 amide bonds. The first kappa shape index (κ1) is 19.1. The standard InChI is InChI=1S/C24H26N4O/c1-6-17-7-8-18(20-13-25-28(5)14-20)11-22(17)23-12-19(9-10-21(23)15(2)3)24-27-26-16(4)29-24/h7-15H,6H2,1-5H3. The Hall–Kier alpha value is -3.21. The summed E-state index contributed by atoms with van der Waals surface area (Å²) in [5.74, 6) is 1.53. The molecule has 2 heterocycles. The quantitative estimate of drug-likeness (QED) is 0.435. The van der Waals surface area contributed by atoms with Crippen molar-refractivity contribution in [3.63, 3.8) is 0 Å². The van der Waals surface area contributed by atoms with E-state index >= 15 is 0 Å². The van der Waals surface area contributed by atoms with Gasteiger partial charge in [-0.3, -0.25) is 4.68 Å². The first-order valence-corrected chi connectivity index (χ1v) is 10.0. The molecule has 0 unspecified atom stereocenters. The van der Waals surface area contributed by atoms with Crippen LogP contribution in [0.3, 0.4) is 0 Å². The normalized spacial score (nSPS) is 11.4. The number of nitrogens with zero attached hydrogens (tertiary/aromatic N) is 4. The molecule has 5 nitrogen and oxygen atoms in total. The van der Waals surface area contributed by atoms with Gasteiger partial charge >= 0.3 is 0 Å². The maximum absolute atomic E-state index is 5.68. The van der Waals surface area contributed by atoms with Crippen LogP contribution in [0.5, 0.6) is 0 Å². The molecule has 0 bridgehead atoms. The Labute approximate surface area is 171 Å². The molecule has 0 aliphatic rings. The zero-order chi connectivity index (χ0) is 20.5. The molecule has 0 fully saturated rings. The molecule has 0 aliphatic carbocycles. The van der Waals surface area contributed by atoms with E-state index in [1.54, 1.807) is 0 Å². The Morgan fingerprint density at radius 3 is 2.34 bits per heavy atom. The van der Waals surface area contributed by atoms with Crippen LogP contribution in [0, 0.1) is 6.92 Å². The van der Waals surface area contributed by atoms with Crippen molar-refractivity contribution in [1.82, 2.24) is 20.0 Å². The van der Waals surface area contributed by atoms with Crippen LogP contribution in [0.15, 0.2) is 53.2 Å². The van der Waals surface area contributed by atoms with Gasteiger partial charge in [-0.25, -0.2) is 0 Å². The molecule has 148 valence electrons. The Balaban J connectivity index is 1.91. The summed E-state index contributed by atoms with van der Waals surface area (Å²) in [7, 11) is 1.94. The van der Waals surface area contributed by atoms with Gasteiger partial charge < -0.3 is 4.42 Å². The van der Waals surface area contributed by atoms with Gasteiger partial charge in [0, 0.05) is 31.3 Å². The van der Waals surface area contributed by atoms with E-state index in [0.717, 1.165) is 17.5 Å². The molecule has 0 radical (unpaired) electrons. The van der Waals surface area contributed by atoms with Crippen LogP contribution in [-0.4, -0.2) is 20.0 Å². The molecular weight excluding hydrogens is 360 g/mol. The second-order valence-corrected chi connectivity index (χ2v) is 7.71. The number of rotatable bonds is 5. The fourth-order valence-corrected chi connectivity index (χ4v) is 3.72. The summed E-state index contributed by atoms with van der Waals surface area (Å²) in [5.41, 5.74) is 8.32. The summed E-state index contributed by atoms with van der Waals surface area (Å²) in [6.45, 7) is 8.47. The molecule has 0 atom stereocenters. The summed E-state index contributed by atoms with van der Waals surface area (Å²) in [6, 6.07) is 13.1. The third kappa shape index (κ3) is 3.73. The maximum Gasteiger partial charge on any atom is 0.247 e. The van der Waals surface area contributed by atoms with Crippen LogP contribution >= 0.6 is 0 Å². The van der Waals surface area contributed by atoms with Crippen molar-refractivity contribution in [2.75, 3.05) is 0 Å². The Bertz CT molecular complexity index is 1150. The third-order valence-electron chi connectivity index (χ3n) is 5.27. The van der Waals surface area contributed by atoms with Crippen molar-refractivity contribution >= 4 is 0 Å². The summed E-state index contributed by atoms with van der Waals surface area (Å²) in [6.07, 6.45) is 4.92. The van der Waals surface area contributed by atoms with Gasteiger partial charge in [0.05, 0.1) is 6.20 Å². The van der Waals surface area contributed by atoms with Crippen LogP contribution in [0.2, 0.25) is 0 Å². The fourth-order valence-electron chi connectivity index (χ4n) is 3.72. The van der Waals surface area contributed by atoms with Gasteiger partial charge in [-0.1, -0.05) is 39.0 Å². The second kappa shape index (κ2) is 7.66. The number of aromatic nitrogens is 4. The van der Waals surface area contributed by atoms with Gasteiger partial charge in [0.2, 0.25) is 11.8 Å². The molecule has 4 rings (SSSR count). The molecule has 2 aromatic heterocycles. The predicted molar refractivity (Wildman–Crippen MR) is 116 cm³/mol. The average molecular weight is 386 g/mol. The molecule has 2 aromatic carbocycles. The van der Waals surface area contributed by atoms with E-state index in [1.165, 1.54) is 27.8 Å². The minimum Gasteiger partial charge on any atom is -0.421 e. The van der Waals surface area contributed by atoms with Crippen LogP contribution < -0.4 is 0 Å². The lowest BCUT2D eigenvalue weighted by Gasteiger charge is -2.18. The van der Waals surface area contributed by atoms with Crippen LogP contribution in [0.25, 0.3) is 33.7 Å². The summed E-state index contributed by atoms with van der Waals surface area (Å²) in [4.78, 5) is 0. The molecule has 0 N–H and O–H groups in total. The van der Waals surface area contributed by atoms with E-state index in [-0.39, 0.29) is 0 Å². The highest BCUT2D eigenvalue weighted by Gasteiger charge is 2.16. The highest BCUT2D eigenvalue weighted by molar-refractivity contribution is 5.80. The van der Waals surface area contributed by atoms with Gasteiger partial charge in [-0.15, -0.1) is 10.2 Å². The lowest BCUT2D eigenvalue weighted by Crippen LogP contribution is -1.97. The molecule has 4 aromatic rings. The molecule has 0 spiro atoms. The predicted octanol–water partition coefficient (Wildman–Crippen LogP) is 5.80. The first-order valence-electron chi connectivity index (χ1n) is 10.0. The monoisotopic (exact) mass is 386 g/mol. The number of hydrogen-bond donors (Lipinski definition) is 0. The van der Waals surface area contributed by atoms with Crippen LogP contribution in [-0.2, 0) is 13.5 Å². The largest absolute Gasteiger partial charge is 0.421 e. The highest BCUT2D eigenvalue weighted by atomic mass is 16.4. The molecule has 5 heteroatoms. The number of hydrogen-bond acceptors (Lipinski definition) is 4. The highest BCUT2D eigenvalue weighted by Crippen LogP contribution is 2.37. The van der Waals surface area contributed by atoms with E-state index in [4.69, 9.17) is 4.42 Å². The zero-order valence-corrected chi connectivity index (χ0v) is 17.6. The van der Waals surface area contributed by atoms with E-state index in [0.29, 0.717) is 17.7 Å². The Kier molecular flexibility index (Phi) is 5.05. The number of benzene rings is 2. The van der Waals surface area contributed by atoms with Gasteiger partial charge in [0.15, 0.2) is 0 Å². The number of aryl methyl sites for hydroxylation is 3. The SMILES string of the molecule is CCc1ccc(-c2cnn(C)c2)cc1-c1cc(-c2nnc(C)o2)ccc1C(C)C. The molecule has 0 saturated heterocycles. The van der Waals surface area contributed by atoms with Crippen molar-refractivity contribution in [1.29, 1.82) is 0 Å². The smallest absolute Gasteiger partial charge is 0.247 e. The lowest BCUT2D eigenvalue weighted by molar-refractivity contribution is 0.533. The van der Waals surface area contributed by atoms with Crippen molar-refractivity contribution in [3.8, 4) is 33.7 Å². The van der Waals surface area contributed by atoms with Crippen molar-refractivity contribution in [2.24, 2.45) is 7.05 Å².